The average Bonchev–Trinajstić information content (AvgIpc) is 2.47. The molecule has 23 heavy (non-hydrogen) atoms. The van der Waals surface area contributed by atoms with E-state index >= 15 is 0 Å². The second-order valence-electron chi connectivity index (χ2n) is 4.88. The zero-order chi connectivity index (χ0) is 17.4. The fraction of sp³-hybridized carbons (Fsp3) is 0.400. The molecule has 0 aliphatic rings. The molecule has 1 rings (SSSR count). The maximum atomic E-state index is 11.7. The summed E-state index contributed by atoms with van der Waals surface area (Å²) in [7, 11) is 0. The number of hydrogen-bond acceptors (Lipinski definition) is 5. The van der Waals surface area contributed by atoms with Crippen LogP contribution in [0.25, 0.3) is 0 Å². The van der Waals surface area contributed by atoms with Crippen LogP contribution in [0.4, 0.5) is 0 Å². The number of carbonyl (C=O) groups excluding carboxylic acids is 1. The average molecular weight is 324 g/mol. The third-order valence-electron chi connectivity index (χ3n) is 3.02. The number of rotatable bonds is 9. The molecule has 0 bridgehead atoms. The van der Waals surface area contributed by atoms with Crippen molar-refractivity contribution >= 4 is 17.8 Å². The molecule has 0 aliphatic carbocycles. The molecule has 8 heteroatoms. The highest BCUT2D eigenvalue weighted by Crippen LogP contribution is 2.13. The predicted octanol–water partition coefficient (Wildman–Crippen LogP) is -0.000800. The summed E-state index contributed by atoms with van der Waals surface area (Å²) in [6.45, 7) is 2.37. The van der Waals surface area contributed by atoms with Crippen LogP contribution >= 0.6 is 0 Å². The second-order valence-corrected chi connectivity index (χ2v) is 4.88. The zero-order valence-electron chi connectivity index (χ0n) is 12.7. The van der Waals surface area contributed by atoms with Crippen molar-refractivity contribution in [3.05, 3.63) is 29.8 Å². The third-order valence-corrected chi connectivity index (χ3v) is 3.02. The molecule has 0 fully saturated rings. The minimum absolute atomic E-state index is 0.0489. The number of carboxylic acids is 2. The summed E-state index contributed by atoms with van der Waals surface area (Å²) in [6, 6.07) is 4.31. The highest BCUT2D eigenvalue weighted by molar-refractivity contribution is 5.89. The molecule has 0 saturated heterocycles. The normalized spacial score (nSPS) is 13.0. The van der Waals surface area contributed by atoms with E-state index in [1.165, 1.54) is 0 Å². The Bertz CT molecular complexity index is 558. The molecule has 126 valence electrons. The summed E-state index contributed by atoms with van der Waals surface area (Å²) in [5.41, 5.74) is 6.10. The molecule has 0 saturated carbocycles. The Kier molecular flexibility index (Phi) is 7.01. The molecule has 8 nitrogen and oxygen atoms in total. The Morgan fingerprint density at radius 2 is 1.83 bits per heavy atom. The number of amides is 1. The lowest BCUT2D eigenvalue weighted by Crippen LogP contribution is -2.49. The summed E-state index contributed by atoms with van der Waals surface area (Å²) >= 11 is 0. The number of aliphatic carboxylic acids is 2. The van der Waals surface area contributed by atoms with Crippen molar-refractivity contribution in [2.24, 2.45) is 5.73 Å². The van der Waals surface area contributed by atoms with Gasteiger partial charge in [-0.3, -0.25) is 9.59 Å². The van der Waals surface area contributed by atoms with E-state index in [2.05, 4.69) is 5.32 Å². The number of nitrogens with two attached hydrogens (primary N) is 1. The van der Waals surface area contributed by atoms with E-state index in [1.54, 1.807) is 24.3 Å². The lowest BCUT2D eigenvalue weighted by molar-refractivity contribution is -0.142. The lowest BCUT2D eigenvalue weighted by atomic mass is 10.0. The van der Waals surface area contributed by atoms with Crippen LogP contribution in [-0.2, 0) is 20.8 Å². The molecule has 1 amide bonds. The second kappa shape index (κ2) is 8.74. The maximum absolute atomic E-state index is 11.7. The van der Waals surface area contributed by atoms with Crippen molar-refractivity contribution in [2.75, 3.05) is 6.61 Å². The molecule has 0 heterocycles. The van der Waals surface area contributed by atoms with Crippen LogP contribution in [0.15, 0.2) is 24.3 Å². The first-order valence-electron chi connectivity index (χ1n) is 7.05. The van der Waals surface area contributed by atoms with E-state index in [-0.39, 0.29) is 6.42 Å². The fourth-order valence-electron chi connectivity index (χ4n) is 1.88. The highest BCUT2D eigenvalue weighted by atomic mass is 16.5. The van der Waals surface area contributed by atoms with Gasteiger partial charge in [-0.1, -0.05) is 12.1 Å². The predicted molar refractivity (Wildman–Crippen MR) is 81.1 cm³/mol. The third kappa shape index (κ3) is 6.35. The van der Waals surface area contributed by atoms with Gasteiger partial charge in [0.2, 0.25) is 5.91 Å². The molecule has 0 radical (unpaired) electrons. The minimum atomic E-state index is -1.30. The van der Waals surface area contributed by atoms with Crippen molar-refractivity contribution in [3.8, 4) is 5.75 Å². The van der Waals surface area contributed by atoms with Gasteiger partial charge in [0.25, 0.3) is 0 Å². The number of nitrogens with one attached hydrogen (secondary N) is 1. The molecule has 2 atom stereocenters. The largest absolute Gasteiger partial charge is 0.494 e. The fourth-order valence-corrected chi connectivity index (χ4v) is 1.88. The van der Waals surface area contributed by atoms with Crippen molar-refractivity contribution in [3.63, 3.8) is 0 Å². The molecule has 1 aromatic carbocycles. The standard InChI is InChI=1S/C15H20N2O6/c1-2-23-10-5-3-9(4-6-10)7-12(15(21)22)17-14(20)11(16)8-13(18)19/h3-6,11-12H,2,7-8,16H2,1H3,(H,17,20)(H,18,19)(H,21,22)/t11-,12-/m0/s1. The van der Waals surface area contributed by atoms with Gasteiger partial charge < -0.3 is 26.0 Å². The first-order chi connectivity index (χ1) is 10.8. The molecule has 0 unspecified atom stereocenters. The Morgan fingerprint density at radius 1 is 1.22 bits per heavy atom. The smallest absolute Gasteiger partial charge is 0.326 e. The quantitative estimate of drug-likeness (QED) is 0.501. The summed E-state index contributed by atoms with van der Waals surface area (Å²) in [5, 5.41) is 20.0. The molecule has 0 spiro atoms. The van der Waals surface area contributed by atoms with Crippen LogP contribution in [0.2, 0.25) is 0 Å². The SMILES string of the molecule is CCOc1ccc(C[C@H](NC(=O)[C@@H](N)CC(=O)O)C(=O)O)cc1. The lowest BCUT2D eigenvalue weighted by Gasteiger charge is -2.17. The van der Waals surface area contributed by atoms with E-state index in [1.807, 2.05) is 6.92 Å². The van der Waals surface area contributed by atoms with Crippen LogP contribution in [0, 0.1) is 0 Å². The molecular weight excluding hydrogens is 304 g/mol. The van der Waals surface area contributed by atoms with Crippen LogP contribution in [0.1, 0.15) is 18.9 Å². The van der Waals surface area contributed by atoms with E-state index in [4.69, 9.17) is 15.6 Å². The molecule has 1 aromatic rings. The van der Waals surface area contributed by atoms with E-state index < -0.39 is 36.4 Å². The Hall–Kier alpha value is -2.61. The first-order valence-corrected chi connectivity index (χ1v) is 7.05. The minimum Gasteiger partial charge on any atom is -0.494 e. The van der Waals surface area contributed by atoms with Gasteiger partial charge >= 0.3 is 11.9 Å². The molecule has 0 aromatic heterocycles. The van der Waals surface area contributed by atoms with Gasteiger partial charge in [0.1, 0.15) is 11.8 Å². The molecule has 5 N–H and O–H groups in total. The van der Waals surface area contributed by atoms with Crippen LogP contribution < -0.4 is 15.8 Å². The number of benzene rings is 1. The van der Waals surface area contributed by atoms with Crippen molar-refractivity contribution in [1.82, 2.24) is 5.32 Å². The number of carbonyl (C=O) groups is 3. The van der Waals surface area contributed by atoms with Gasteiger partial charge in [0.15, 0.2) is 0 Å². The van der Waals surface area contributed by atoms with Crippen molar-refractivity contribution in [1.29, 1.82) is 0 Å². The van der Waals surface area contributed by atoms with Gasteiger partial charge in [0, 0.05) is 6.42 Å². The van der Waals surface area contributed by atoms with E-state index in [9.17, 15) is 19.5 Å². The summed E-state index contributed by atoms with van der Waals surface area (Å²) in [5.74, 6) is -2.61. The Balaban J connectivity index is 2.69. The highest BCUT2D eigenvalue weighted by Gasteiger charge is 2.24. The van der Waals surface area contributed by atoms with Gasteiger partial charge in [-0.05, 0) is 24.6 Å². The Labute approximate surface area is 133 Å². The van der Waals surface area contributed by atoms with E-state index in [0.717, 1.165) is 0 Å². The Morgan fingerprint density at radius 3 is 2.30 bits per heavy atom. The summed E-state index contributed by atoms with van der Waals surface area (Å²) in [6.07, 6.45) is -0.519. The summed E-state index contributed by atoms with van der Waals surface area (Å²) in [4.78, 5) is 33.5. The van der Waals surface area contributed by atoms with Gasteiger partial charge in [-0.2, -0.15) is 0 Å². The van der Waals surface area contributed by atoms with Crippen LogP contribution in [0.5, 0.6) is 5.75 Å². The van der Waals surface area contributed by atoms with Gasteiger partial charge in [-0.25, -0.2) is 4.79 Å². The molecular formula is C15H20N2O6. The number of ether oxygens (including phenoxy) is 1. The molecule has 0 aliphatic heterocycles. The number of carboxylic acid groups (broad SMARTS) is 2. The first kappa shape index (κ1) is 18.4. The summed E-state index contributed by atoms with van der Waals surface area (Å²) < 4.78 is 5.29. The number of hydrogen-bond donors (Lipinski definition) is 4. The van der Waals surface area contributed by atoms with Crippen molar-refractivity contribution in [2.45, 2.75) is 31.8 Å². The zero-order valence-corrected chi connectivity index (χ0v) is 12.7. The van der Waals surface area contributed by atoms with Gasteiger partial charge in [-0.15, -0.1) is 0 Å². The topological polar surface area (TPSA) is 139 Å². The van der Waals surface area contributed by atoms with Gasteiger partial charge in [0.05, 0.1) is 19.1 Å². The van der Waals surface area contributed by atoms with Crippen LogP contribution in [0.3, 0.4) is 0 Å². The monoisotopic (exact) mass is 324 g/mol. The van der Waals surface area contributed by atoms with Crippen LogP contribution in [-0.4, -0.2) is 46.7 Å². The van der Waals surface area contributed by atoms with Crippen molar-refractivity contribution < 1.29 is 29.3 Å². The van der Waals surface area contributed by atoms with E-state index in [0.29, 0.717) is 17.9 Å². The maximum Gasteiger partial charge on any atom is 0.326 e.